The van der Waals surface area contributed by atoms with E-state index in [1.807, 2.05) is 48.5 Å². The lowest BCUT2D eigenvalue weighted by atomic mass is 10.2. The summed E-state index contributed by atoms with van der Waals surface area (Å²) >= 11 is 0. The van der Waals surface area contributed by atoms with E-state index >= 15 is 0 Å². The highest BCUT2D eigenvalue weighted by molar-refractivity contribution is 5.87. The summed E-state index contributed by atoms with van der Waals surface area (Å²) in [4.78, 5) is 4.68. The fourth-order valence-electron chi connectivity index (χ4n) is 4.12. The molecule has 0 spiro atoms. The summed E-state index contributed by atoms with van der Waals surface area (Å²) in [6, 6.07) is 15.9. The molecule has 0 unspecified atom stereocenters. The van der Waals surface area contributed by atoms with Crippen molar-refractivity contribution in [2.45, 2.75) is 27.7 Å². The third-order valence-electron chi connectivity index (χ3n) is 6.36. The van der Waals surface area contributed by atoms with E-state index < -0.39 is 0 Å². The van der Waals surface area contributed by atoms with Gasteiger partial charge in [0.25, 0.3) is 0 Å². The summed E-state index contributed by atoms with van der Waals surface area (Å²) in [5, 5.41) is 2.02. The van der Waals surface area contributed by atoms with Crippen molar-refractivity contribution >= 4 is 21.9 Å². The molecule has 6 nitrogen and oxygen atoms in total. The van der Waals surface area contributed by atoms with Crippen LogP contribution in [0, 0.1) is 0 Å². The lowest BCUT2D eigenvalue weighted by Crippen LogP contribution is -2.27. The van der Waals surface area contributed by atoms with Crippen molar-refractivity contribution in [3.63, 3.8) is 0 Å². The zero-order chi connectivity index (χ0) is 23.9. The van der Waals surface area contributed by atoms with E-state index in [-0.39, 0.29) is 0 Å². The van der Waals surface area contributed by atoms with Crippen LogP contribution in [-0.2, 0) is 0 Å². The van der Waals surface area contributed by atoms with Gasteiger partial charge in [0.15, 0.2) is 11.5 Å². The van der Waals surface area contributed by atoms with Crippen molar-refractivity contribution in [1.29, 1.82) is 0 Å². The monoisotopic (exact) mass is 464 g/mol. The summed E-state index contributed by atoms with van der Waals surface area (Å²) in [7, 11) is 0. The molecule has 0 amide bonds. The number of hydrogen-bond donors (Lipinski definition) is 0. The average Bonchev–Trinajstić information content (AvgIpc) is 3.48. The van der Waals surface area contributed by atoms with Crippen LogP contribution in [0.1, 0.15) is 27.7 Å². The number of fused-ring (bicyclic) bond motifs is 2. The van der Waals surface area contributed by atoms with Crippen LogP contribution >= 0.6 is 0 Å². The molecule has 2 aromatic heterocycles. The lowest BCUT2D eigenvalue weighted by molar-refractivity contribution is 0.223. The first-order valence-electron chi connectivity index (χ1n) is 12.4. The van der Waals surface area contributed by atoms with Crippen LogP contribution in [0.5, 0.6) is 11.5 Å². The number of ether oxygens (including phenoxy) is 2. The maximum absolute atomic E-state index is 6.12. The molecule has 34 heavy (non-hydrogen) atoms. The summed E-state index contributed by atoms with van der Waals surface area (Å²) in [6.07, 6.45) is 0. The molecule has 0 atom stereocenters. The Morgan fingerprint density at radius 3 is 1.74 bits per heavy atom. The Morgan fingerprint density at radius 1 is 0.588 bits per heavy atom. The molecule has 4 aromatic rings. The zero-order valence-electron chi connectivity index (χ0n) is 20.8. The molecule has 0 aliphatic heterocycles. The van der Waals surface area contributed by atoms with Gasteiger partial charge in [-0.25, -0.2) is 0 Å². The Labute approximate surface area is 202 Å². The third kappa shape index (κ3) is 5.75. The Balaban J connectivity index is 1.44. The van der Waals surface area contributed by atoms with Crippen LogP contribution < -0.4 is 9.47 Å². The molecule has 0 N–H and O–H groups in total. The maximum Gasteiger partial charge on any atom is 0.170 e. The fraction of sp³-hybridized carbons (Fsp3) is 0.429. The molecule has 6 heteroatoms. The number of rotatable bonds is 13. The van der Waals surface area contributed by atoms with Crippen LogP contribution in [0.15, 0.2) is 57.4 Å². The fourth-order valence-corrected chi connectivity index (χ4v) is 4.12. The Kier molecular flexibility index (Phi) is 8.14. The molecule has 0 fully saturated rings. The molecule has 0 aliphatic carbocycles. The normalized spacial score (nSPS) is 11.8. The number of hydrogen-bond acceptors (Lipinski definition) is 6. The Hall–Kier alpha value is -2.96. The van der Waals surface area contributed by atoms with Gasteiger partial charge in [-0.2, -0.15) is 0 Å². The van der Waals surface area contributed by atoms with Crippen molar-refractivity contribution in [3.05, 3.63) is 48.5 Å². The van der Waals surface area contributed by atoms with Gasteiger partial charge in [-0.3, -0.25) is 0 Å². The van der Waals surface area contributed by atoms with Crippen molar-refractivity contribution in [3.8, 4) is 23.0 Å². The molecule has 0 aliphatic rings. The van der Waals surface area contributed by atoms with E-state index in [1.165, 1.54) is 0 Å². The predicted molar refractivity (Wildman–Crippen MR) is 138 cm³/mol. The van der Waals surface area contributed by atoms with Crippen molar-refractivity contribution in [1.82, 2.24) is 9.80 Å². The standard InChI is InChI=1S/C28H36N2O4/c1-5-29(6-2)13-15-31-23-11-12-25-22(17-23)19-28(33-25)27-18-21-9-10-24(20-26(21)34-27)32-16-14-30(7-3)8-4/h9-12,17-20H,5-8,13-16H2,1-4H3. The summed E-state index contributed by atoms with van der Waals surface area (Å²) in [5.74, 6) is 3.07. The smallest absolute Gasteiger partial charge is 0.170 e. The van der Waals surface area contributed by atoms with E-state index in [1.54, 1.807) is 0 Å². The number of nitrogens with zero attached hydrogens (tertiary/aromatic N) is 2. The van der Waals surface area contributed by atoms with Crippen LogP contribution in [0.3, 0.4) is 0 Å². The molecule has 0 bridgehead atoms. The number of benzene rings is 2. The van der Waals surface area contributed by atoms with Crippen molar-refractivity contribution in [2.75, 3.05) is 52.5 Å². The van der Waals surface area contributed by atoms with Crippen LogP contribution in [0.4, 0.5) is 0 Å². The maximum atomic E-state index is 6.12. The molecular weight excluding hydrogens is 428 g/mol. The minimum absolute atomic E-state index is 0.656. The highest BCUT2D eigenvalue weighted by Crippen LogP contribution is 2.34. The molecule has 0 saturated heterocycles. The Bertz CT molecular complexity index is 1090. The minimum atomic E-state index is 0.656. The predicted octanol–water partition coefficient (Wildman–Crippen LogP) is 6.29. The molecule has 2 aromatic carbocycles. The van der Waals surface area contributed by atoms with Gasteiger partial charge in [0.2, 0.25) is 0 Å². The first-order chi connectivity index (χ1) is 16.6. The summed E-state index contributed by atoms with van der Waals surface area (Å²) < 4.78 is 24.1. The van der Waals surface area contributed by atoms with Gasteiger partial charge in [0, 0.05) is 29.9 Å². The van der Waals surface area contributed by atoms with Gasteiger partial charge in [-0.15, -0.1) is 0 Å². The first kappa shape index (κ1) is 24.2. The summed E-state index contributed by atoms with van der Waals surface area (Å²) in [5.41, 5.74) is 1.60. The number of furan rings is 2. The quantitative estimate of drug-likeness (QED) is 0.232. The SMILES string of the molecule is CCN(CC)CCOc1ccc2oc(-c3cc4ccc(OCCN(CC)CC)cc4o3)cc2c1. The van der Waals surface area contributed by atoms with E-state index in [9.17, 15) is 0 Å². The molecule has 0 saturated carbocycles. The molecule has 4 rings (SSSR count). The van der Waals surface area contributed by atoms with Gasteiger partial charge in [-0.1, -0.05) is 27.7 Å². The third-order valence-corrected chi connectivity index (χ3v) is 6.36. The van der Waals surface area contributed by atoms with Gasteiger partial charge in [0.1, 0.15) is 35.9 Å². The van der Waals surface area contributed by atoms with Crippen molar-refractivity contribution in [2.24, 2.45) is 0 Å². The largest absolute Gasteiger partial charge is 0.492 e. The Morgan fingerprint density at radius 2 is 1.12 bits per heavy atom. The highest BCUT2D eigenvalue weighted by atomic mass is 16.5. The second kappa shape index (κ2) is 11.4. The summed E-state index contributed by atoms with van der Waals surface area (Å²) in [6.45, 7) is 15.9. The first-order valence-corrected chi connectivity index (χ1v) is 12.4. The van der Waals surface area contributed by atoms with Crippen LogP contribution in [0.25, 0.3) is 33.5 Å². The lowest BCUT2D eigenvalue weighted by Gasteiger charge is -2.17. The minimum Gasteiger partial charge on any atom is -0.492 e. The average molecular weight is 465 g/mol. The van der Waals surface area contributed by atoms with E-state index in [4.69, 9.17) is 18.3 Å². The van der Waals surface area contributed by atoms with E-state index in [0.29, 0.717) is 24.7 Å². The van der Waals surface area contributed by atoms with Gasteiger partial charge >= 0.3 is 0 Å². The van der Waals surface area contributed by atoms with Crippen LogP contribution in [-0.4, -0.2) is 62.3 Å². The molecule has 182 valence electrons. The number of likely N-dealkylation sites (N-methyl/N-ethyl adjacent to an activating group) is 2. The molecule has 0 radical (unpaired) electrons. The van der Waals surface area contributed by atoms with Gasteiger partial charge in [0.05, 0.1) is 0 Å². The van der Waals surface area contributed by atoms with E-state index in [2.05, 4.69) is 37.5 Å². The van der Waals surface area contributed by atoms with Gasteiger partial charge in [-0.05, 0) is 68.6 Å². The van der Waals surface area contributed by atoms with E-state index in [0.717, 1.165) is 72.7 Å². The highest BCUT2D eigenvalue weighted by Gasteiger charge is 2.13. The second-order valence-electron chi connectivity index (χ2n) is 8.37. The molecule has 2 heterocycles. The van der Waals surface area contributed by atoms with Gasteiger partial charge < -0.3 is 28.1 Å². The second-order valence-corrected chi connectivity index (χ2v) is 8.37. The van der Waals surface area contributed by atoms with Crippen LogP contribution in [0.2, 0.25) is 0 Å². The zero-order valence-corrected chi connectivity index (χ0v) is 20.8. The molecular formula is C28H36N2O4. The van der Waals surface area contributed by atoms with Crippen molar-refractivity contribution < 1.29 is 18.3 Å². The topological polar surface area (TPSA) is 51.2 Å².